The number of pyridine rings is 1. The minimum Gasteiger partial charge on any atom is -0.486 e. The highest BCUT2D eigenvalue weighted by Crippen LogP contribution is 2.19. The number of aliphatic hydroxyl groups is 1. The number of nitrogens with zero attached hydrogens (tertiary/aromatic N) is 1. The molecule has 6 nitrogen and oxygen atoms in total. The molecule has 0 radical (unpaired) electrons. The van der Waals surface area contributed by atoms with Crippen LogP contribution in [-0.2, 0) is 11.2 Å². The Morgan fingerprint density at radius 2 is 2.09 bits per heavy atom. The Labute approximate surface area is 138 Å². The number of hydrogen-bond acceptors (Lipinski definition) is 5. The molecule has 6 heteroatoms. The molecule has 1 aromatic rings. The van der Waals surface area contributed by atoms with Crippen molar-refractivity contribution in [1.29, 1.82) is 0 Å². The monoisotopic (exact) mass is 324 g/mol. The fourth-order valence-electron chi connectivity index (χ4n) is 1.91. The van der Waals surface area contributed by atoms with E-state index in [1.54, 1.807) is 19.2 Å². The topological polar surface area (TPSA) is 80.7 Å². The fourth-order valence-corrected chi connectivity index (χ4v) is 1.91. The van der Waals surface area contributed by atoms with Crippen LogP contribution in [0.25, 0.3) is 0 Å². The third-order valence-corrected chi connectivity index (χ3v) is 3.01. The van der Waals surface area contributed by atoms with Crippen molar-refractivity contribution in [2.75, 3.05) is 6.61 Å². The van der Waals surface area contributed by atoms with Crippen molar-refractivity contribution in [3.63, 3.8) is 0 Å². The lowest BCUT2D eigenvalue weighted by Gasteiger charge is -2.22. The highest BCUT2D eigenvalue weighted by Gasteiger charge is 2.18. The standard InChI is InChI=1S/C17H28N2O4/c1-12(19-16(21)23-17(3,4)5)8-9-14-15(7-6-10-18-14)22-13(2)11-20/h6-7,10,12-13,20H,8-9,11H2,1-5H3,(H,19,21)/t12-,13-/m0/s1. The first-order valence-electron chi connectivity index (χ1n) is 7.92. The lowest BCUT2D eigenvalue weighted by Crippen LogP contribution is -2.37. The first-order chi connectivity index (χ1) is 10.7. The Morgan fingerprint density at radius 3 is 2.70 bits per heavy atom. The van der Waals surface area contributed by atoms with E-state index < -0.39 is 11.7 Å². The molecule has 0 fully saturated rings. The molecular formula is C17H28N2O4. The first kappa shape index (κ1) is 19.2. The van der Waals surface area contributed by atoms with Gasteiger partial charge < -0.3 is 19.9 Å². The summed E-state index contributed by atoms with van der Waals surface area (Å²) < 4.78 is 10.9. The van der Waals surface area contributed by atoms with Gasteiger partial charge in [0.1, 0.15) is 17.5 Å². The molecule has 23 heavy (non-hydrogen) atoms. The number of rotatable bonds is 7. The number of alkyl carbamates (subject to hydrolysis) is 1. The maximum atomic E-state index is 11.7. The van der Waals surface area contributed by atoms with E-state index >= 15 is 0 Å². The van der Waals surface area contributed by atoms with E-state index in [9.17, 15) is 4.79 Å². The average Bonchev–Trinajstić information content (AvgIpc) is 2.44. The molecule has 1 aromatic heterocycles. The largest absolute Gasteiger partial charge is 0.486 e. The molecule has 0 aliphatic carbocycles. The second kappa shape index (κ2) is 8.72. The normalized spacial score (nSPS) is 14.0. The predicted molar refractivity (Wildman–Crippen MR) is 88.6 cm³/mol. The van der Waals surface area contributed by atoms with E-state index in [0.717, 1.165) is 5.69 Å². The Bertz CT molecular complexity index is 500. The van der Waals surface area contributed by atoms with Crippen molar-refractivity contribution in [2.45, 2.75) is 65.2 Å². The number of aryl methyl sites for hydroxylation is 1. The van der Waals surface area contributed by atoms with Crippen molar-refractivity contribution in [3.05, 3.63) is 24.0 Å². The van der Waals surface area contributed by atoms with Crippen LogP contribution in [0.2, 0.25) is 0 Å². The van der Waals surface area contributed by atoms with Gasteiger partial charge in [0.15, 0.2) is 0 Å². The van der Waals surface area contributed by atoms with E-state index in [1.807, 2.05) is 33.8 Å². The van der Waals surface area contributed by atoms with E-state index in [0.29, 0.717) is 18.6 Å². The second-order valence-corrected chi connectivity index (χ2v) is 6.65. The van der Waals surface area contributed by atoms with Gasteiger partial charge in [-0.25, -0.2) is 4.79 Å². The average molecular weight is 324 g/mol. The summed E-state index contributed by atoms with van der Waals surface area (Å²) in [4.78, 5) is 16.1. The van der Waals surface area contributed by atoms with Gasteiger partial charge in [0.2, 0.25) is 0 Å². The van der Waals surface area contributed by atoms with Crippen LogP contribution in [0, 0.1) is 0 Å². The zero-order valence-corrected chi connectivity index (χ0v) is 14.6. The van der Waals surface area contributed by atoms with Crippen LogP contribution in [0.15, 0.2) is 18.3 Å². The third-order valence-electron chi connectivity index (χ3n) is 3.01. The molecule has 0 aliphatic rings. The maximum Gasteiger partial charge on any atom is 0.407 e. The molecule has 2 N–H and O–H groups in total. The van der Waals surface area contributed by atoms with Crippen molar-refractivity contribution in [1.82, 2.24) is 10.3 Å². The van der Waals surface area contributed by atoms with Crippen molar-refractivity contribution < 1.29 is 19.4 Å². The molecule has 1 rings (SSSR count). The maximum absolute atomic E-state index is 11.7. The van der Waals surface area contributed by atoms with Crippen LogP contribution in [0.3, 0.4) is 0 Å². The fraction of sp³-hybridized carbons (Fsp3) is 0.647. The molecule has 0 bridgehead atoms. The minimum atomic E-state index is -0.508. The van der Waals surface area contributed by atoms with Gasteiger partial charge in [-0.3, -0.25) is 4.98 Å². The summed E-state index contributed by atoms with van der Waals surface area (Å²) in [6.45, 7) is 9.16. The summed E-state index contributed by atoms with van der Waals surface area (Å²) >= 11 is 0. The lowest BCUT2D eigenvalue weighted by atomic mass is 10.1. The Balaban J connectivity index is 2.53. The van der Waals surface area contributed by atoms with Crippen LogP contribution < -0.4 is 10.1 Å². The quantitative estimate of drug-likeness (QED) is 0.806. The smallest absolute Gasteiger partial charge is 0.407 e. The number of aromatic nitrogens is 1. The molecule has 1 heterocycles. The van der Waals surface area contributed by atoms with Gasteiger partial charge in [-0.1, -0.05) is 0 Å². The summed E-state index contributed by atoms with van der Waals surface area (Å²) in [6, 6.07) is 3.58. The second-order valence-electron chi connectivity index (χ2n) is 6.65. The number of carbonyl (C=O) groups excluding carboxylic acids is 1. The predicted octanol–water partition coefficient (Wildman–Crippen LogP) is 2.69. The molecular weight excluding hydrogens is 296 g/mol. The third kappa shape index (κ3) is 7.83. The Kier molecular flexibility index (Phi) is 7.29. The summed E-state index contributed by atoms with van der Waals surface area (Å²) in [5.41, 5.74) is 0.303. The van der Waals surface area contributed by atoms with Gasteiger partial charge in [-0.15, -0.1) is 0 Å². The van der Waals surface area contributed by atoms with Gasteiger partial charge in [-0.05, 0) is 59.6 Å². The van der Waals surface area contributed by atoms with Crippen molar-refractivity contribution in [2.24, 2.45) is 0 Å². The molecule has 0 saturated heterocycles. The van der Waals surface area contributed by atoms with Crippen LogP contribution in [0.1, 0.15) is 46.7 Å². The van der Waals surface area contributed by atoms with E-state index in [2.05, 4.69) is 10.3 Å². The number of ether oxygens (including phenoxy) is 2. The molecule has 0 saturated carbocycles. The van der Waals surface area contributed by atoms with Crippen molar-refractivity contribution >= 4 is 6.09 Å². The molecule has 0 spiro atoms. The molecule has 0 aliphatic heterocycles. The Hall–Kier alpha value is -1.82. The molecule has 2 atom stereocenters. The van der Waals surface area contributed by atoms with Gasteiger partial charge in [0.25, 0.3) is 0 Å². The van der Waals surface area contributed by atoms with Gasteiger partial charge in [-0.2, -0.15) is 0 Å². The summed E-state index contributed by atoms with van der Waals surface area (Å²) in [6.07, 6.45) is 2.37. The summed E-state index contributed by atoms with van der Waals surface area (Å²) in [5.74, 6) is 0.665. The van der Waals surface area contributed by atoms with Gasteiger partial charge in [0.05, 0.1) is 12.3 Å². The van der Waals surface area contributed by atoms with Gasteiger partial charge >= 0.3 is 6.09 Å². The lowest BCUT2D eigenvalue weighted by molar-refractivity contribution is 0.0506. The summed E-state index contributed by atoms with van der Waals surface area (Å²) in [7, 11) is 0. The van der Waals surface area contributed by atoms with Crippen LogP contribution in [-0.4, -0.2) is 40.5 Å². The zero-order chi connectivity index (χ0) is 17.5. The highest BCUT2D eigenvalue weighted by molar-refractivity contribution is 5.68. The molecule has 1 amide bonds. The molecule has 130 valence electrons. The van der Waals surface area contributed by atoms with Crippen LogP contribution in [0.5, 0.6) is 5.75 Å². The SMILES string of the molecule is C[C@@H](CCc1ncccc1O[C@@H](C)CO)NC(=O)OC(C)(C)C. The highest BCUT2D eigenvalue weighted by atomic mass is 16.6. The molecule has 0 aromatic carbocycles. The minimum absolute atomic E-state index is 0.0463. The number of hydrogen-bond donors (Lipinski definition) is 2. The number of carbonyl (C=O) groups is 1. The number of amides is 1. The van der Waals surface area contributed by atoms with Gasteiger partial charge in [0, 0.05) is 12.2 Å². The number of nitrogens with one attached hydrogen (secondary N) is 1. The first-order valence-corrected chi connectivity index (χ1v) is 7.92. The van der Waals surface area contributed by atoms with E-state index in [4.69, 9.17) is 14.6 Å². The van der Waals surface area contributed by atoms with E-state index in [-0.39, 0.29) is 18.8 Å². The Morgan fingerprint density at radius 1 is 1.39 bits per heavy atom. The van der Waals surface area contributed by atoms with Crippen LogP contribution in [0.4, 0.5) is 4.79 Å². The van der Waals surface area contributed by atoms with E-state index in [1.165, 1.54) is 0 Å². The summed E-state index contributed by atoms with van der Waals surface area (Å²) in [5, 5.41) is 11.9. The number of aliphatic hydroxyl groups excluding tert-OH is 1. The molecule has 0 unspecified atom stereocenters. The van der Waals surface area contributed by atoms with Crippen molar-refractivity contribution in [3.8, 4) is 5.75 Å². The zero-order valence-electron chi connectivity index (χ0n) is 14.6. The van der Waals surface area contributed by atoms with Crippen LogP contribution >= 0.6 is 0 Å².